The number of hydrogen-bond acceptors (Lipinski definition) is 7. The molecule has 0 atom stereocenters. The molecule has 0 fully saturated rings. The van der Waals surface area contributed by atoms with Gasteiger partial charge in [0.1, 0.15) is 5.82 Å². The van der Waals surface area contributed by atoms with Crippen LogP contribution in [0.25, 0.3) is 0 Å². The van der Waals surface area contributed by atoms with Gasteiger partial charge >= 0.3 is 0 Å². The number of nitrogens with zero attached hydrogens (tertiary/aromatic N) is 4. The van der Waals surface area contributed by atoms with Crippen LogP contribution in [0, 0.1) is 24.0 Å². The normalized spacial score (nSPS) is 10.5. The van der Waals surface area contributed by atoms with Crippen molar-refractivity contribution in [3.05, 3.63) is 82.2 Å². The standard InChI is InChI=1S/C23H24N6O4S/c1-4-11-28-20(13-21(30)24-18-8-6-5-7-15(18)2)26-27-23(28)34-14-22(31)25-19-12-17(29(32)33)10-9-16(19)3/h4-10,12H,1,11,13-14H2,2-3H3,(H,24,30)(H,25,31). The van der Waals surface area contributed by atoms with E-state index in [1.54, 1.807) is 23.6 Å². The minimum absolute atomic E-state index is 0.00676. The van der Waals surface area contributed by atoms with Crippen molar-refractivity contribution in [3.8, 4) is 0 Å². The summed E-state index contributed by atoms with van der Waals surface area (Å²) >= 11 is 1.15. The zero-order chi connectivity index (χ0) is 24.7. The largest absolute Gasteiger partial charge is 0.325 e. The molecular weight excluding hydrogens is 456 g/mol. The first-order valence-electron chi connectivity index (χ1n) is 10.3. The highest BCUT2D eigenvalue weighted by molar-refractivity contribution is 7.99. The summed E-state index contributed by atoms with van der Waals surface area (Å²) in [5.74, 6) is -0.126. The number of carbonyl (C=O) groups is 2. The summed E-state index contributed by atoms with van der Waals surface area (Å²) in [6, 6.07) is 11.8. The number of nitrogens with one attached hydrogen (secondary N) is 2. The Morgan fingerprint density at radius 1 is 1.09 bits per heavy atom. The van der Waals surface area contributed by atoms with Crippen LogP contribution in [0.2, 0.25) is 0 Å². The van der Waals surface area contributed by atoms with Gasteiger partial charge in [0, 0.05) is 24.4 Å². The Morgan fingerprint density at radius 3 is 2.50 bits per heavy atom. The van der Waals surface area contributed by atoms with Crippen molar-refractivity contribution < 1.29 is 14.5 Å². The van der Waals surface area contributed by atoms with Crippen molar-refractivity contribution in [2.75, 3.05) is 16.4 Å². The summed E-state index contributed by atoms with van der Waals surface area (Å²) in [5, 5.41) is 25.3. The quantitative estimate of drug-likeness (QED) is 0.195. The van der Waals surface area contributed by atoms with E-state index in [-0.39, 0.29) is 29.7 Å². The van der Waals surface area contributed by atoms with E-state index >= 15 is 0 Å². The predicted molar refractivity (Wildman–Crippen MR) is 131 cm³/mol. The Hall–Kier alpha value is -3.99. The summed E-state index contributed by atoms with van der Waals surface area (Å²) in [5.41, 5.74) is 2.66. The number of nitro benzene ring substituents is 1. The third-order valence-electron chi connectivity index (χ3n) is 4.88. The SMILES string of the molecule is C=CCn1c(CC(=O)Nc2ccccc2C)nnc1SCC(=O)Nc1cc([N+](=O)[O-])ccc1C. The van der Waals surface area contributed by atoms with Gasteiger partial charge in [0.15, 0.2) is 5.16 Å². The third kappa shape index (κ3) is 6.29. The number of rotatable bonds is 10. The van der Waals surface area contributed by atoms with Gasteiger partial charge in [-0.1, -0.05) is 42.1 Å². The molecule has 2 N–H and O–H groups in total. The van der Waals surface area contributed by atoms with E-state index in [0.29, 0.717) is 28.8 Å². The number of thioether (sulfide) groups is 1. The lowest BCUT2D eigenvalue weighted by Crippen LogP contribution is -2.18. The molecule has 0 aliphatic carbocycles. The average molecular weight is 481 g/mol. The summed E-state index contributed by atoms with van der Waals surface area (Å²) in [7, 11) is 0. The van der Waals surface area contributed by atoms with Gasteiger partial charge < -0.3 is 15.2 Å². The predicted octanol–water partition coefficient (Wildman–Crippen LogP) is 3.90. The molecular formula is C23H24N6O4S. The highest BCUT2D eigenvalue weighted by atomic mass is 32.2. The molecule has 34 heavy (non-hydrogen) atoms. The number of allylic oxidation sites excluding steroid dienone is 1. The molecule has 0 spiro atoms. The molecule has 2 amide bonds. The van der Waals surface area contributed by atoms with E-state index < -0.39 is 4.92 Å². The van der Waals surface area contributed by atoms with Crippen molar-refractivity contribution in [3.63, 3.8) is 0 Å². The van der Waals surface area contributed by atoms with Crippen LogP contribution in [0.4, 0.5) is 17.1 Å². The molecule has 176 valence electrons. The monoisotopic (exact) mass is 480 g/mol. The van der Waals surface area contributed by atoms with Gasteiger partial charge in [-0.3, -0.25) is 19.7 Å². The summed E-state index contributed by atoms with van der Waals surface area (Å²) in [4.78, 5) is 35.5. The highest BCUT2D eigenvalue weighted by Crippen LogP contribution is 2.23. The van der Waals surface area contributed by atoms with Crippen LogP contribution < -0.4 is 10.6 Å². The topological polar surface area (TPSA) is 132 Å². The maximum Gasteiger partial charge on any atom is 0.271 e. The molecule has 0 aliphatic rings. The summed E-state index contributed by atoms with van der Waals surface area (Å²) in [6.07, 6.45) is 1.66. The molecule has 1 heterocycles. The number of benzene rings is 2. The lowest BCUT2D eigenvalue weighted by atomic mass is 10.2. The average Bonchev–Trinajstić information content (AvgIpc) is 3.16. The van der Waals surface area contributed by atoms with E-state index in [9.17, 15) is 19.7 Å². The Bertz CT molecular complexity index is 1240. The van der Waals surface area contributed by atoms with Crippen LogP contribution >= 0.6 is 11.8 Å². The molecule has 1 aromatic heterocycles. The zero-order valence-corrected chi connectivity index (χ0v) is 19.6. The van der Waals surface area contributed by atoms with Gasteiger partial charge in [0.05, 0.1) is 22.8 Å². The van der Waals surface area contributed by atoms with Crippen molar-refractivity contribution in [1.29, 1.82) is 0 Å². The van der Waals surface area contributed by atoms with Crippen LogP contribution in [0.1, 0.15) is 17.0 Å². The number of amides is 2. The van der Waals surface area contributed by atoms with E-state index in [0.717, 1.165) is 23.0 Å². The molecule has 3 rings (SSSR count). The Kier molecular flexibility index (Phi) is 8.14. The molecule has 2 aromatic carbocycles. The van der Waals surface area contributed by atoms with E-state index in [4.69, 9.17) is 0 Å². The number of para-hydroxylation sites is 1. The molecule has 3 aromatic rings. The molecule has 0 aliphatic heterocycles. The maximum absolute atomic E-state index is 12.5. The fraction of sp³-hybridized carbons (Fsp3) is 0.217. The molecule has 0 radical (unpaired) electrons. The van der Waals surface area contributed by atoms with Gasteiger partial charge in [-0.2, -0.15) is 0 Å². The van der Waals surface area contributed by atoms with Gasteiger partial charge in [-0.05, 0) is 31.0 Å². The number of aryl methyl sites for hydroxylation is 2. The smallest absolute Gasteiger partial charge is 0.271 e. The molecule has 10 nitrogen and oxygen atoms in total. The number of nitro groups is 1. The molecule has 0 bridgehead atoms. The number of hydrogen-bond donors (Lipinski definition) is 2. The Morgan fingerprint density at radius 2 is 1.79 bits per heavy atom. The van der Waals surface area contributed by atoms with Crippen molar-refractivity contribution in [2.24, 2.45) is 0 Å². The second kappa shape index (κ2) is 11.2. The minimum atomic E-state index is -0.515. The first-order valence-corrected chi connectivity index (χ1v) is 11.3. The first-order chi connectivity index (χ1) is 16.3. The number of aromatic nitrogens is 3. The lowest BCUT2D eigenvalue weighted by Gasteiger charge is -2.10. The van der Waals surface area contributed by atoms with Crippen LogP contribution in [0.15, 0.2) is 60.3 Å². The number of non-ortho nitro benzene ring substituents is 1. The summed E-state index contributed by atoms with van der Waals surface area (Å²) in [6.45, 7) is 7.77. The Labute approximate surface area is 200 Å². The van der Waals surface area contributed by atoms with Gasteiger partial charge in [-0.15, -0.1) is 16.8 Å². The van der Waals surface area contributed by atoms with Crippen LogP contribution in [0.3, 0.4) is 0 Å². The second-order valence-corrected chi connectivity index (χ2v) is 8.37. The van der Waals surface area contributed by atoms with Crippen LogP contribution in [0.5, 0.6) is 0 Å². The van der Waals surface area contributed by atoms with Crippen molar-refractivity contribution in [2.45, 2.75) is 32.0 Å². The van der Waals surface area contributed by atoms with E-state index in [1.165, 1.54) is 12.1 Å². The Balaban J connectivity index is 1.65. The fourth-order valence-corrected chi connectivity index (χ4v) is 3.86. The van der Waals surface area contributed by atoms with Crippen molar-refractivity contribution in [1.82, 2.24) is 14.8 Å². The highest BCUT2D eigenvalue weighted by Gasteiger charge is 2.17. The minimum Gasteiger partial charge on any atom is -0.325 e. The second-order valence-electron chi connectivity index (χ2n) is 7.43. The van der Waals surface area contributed by atoms with E-state index in [2.05, 4.69) is 27.4 Å². The third-order valence-corrected chi connectivity index (χ3v) is 5.85. The molecule has 11 heteroatoms. The summed E-state index contributed by atoms with van der Waals surface area (Å²) < 4.78 is 1.72. The first kappa shape index (κ1) is 24.6. The van der Waals surface area contributed by atoms with Crippen LogP contribution in [-0.4, -0.2) is 37.3 Å². The molecule has 0 saturated heterocycles. The molecule has 0 saturated carbocycles. The zero-order valence-electron chi connectivity index (χ0n) is 18.8. The lowest BCUT2D eigenvalue weighted by molar-refractivity contribution is -0.384. The fourth-order valence-electron chi connectivity index (χ4n) is 3.09. The van der Waals surface area contributed by atoms with Gasteiger partial charge in [-0.25, -0.2) is 0 Å². The molecule has 0 unspecified atom stereocenters. The maximum atomic E-state index is 12.5. The van der Waals surface area contributed by atoms with Crippen LogP contribution in [-0.2, 0) is 22.6 Å². The van der Waals surface area contributed by atoms with E-state index in [1.807, 2.05) is 31.2 Å². The van der Waals surface area contributed by atoms with Crippen molar-refractivity contribution >= 4 is 40.6 Å². The van der Waals surface area contributed by atoms with Gasteiger partial charge in [0.25, 0.3) is 5.69 Å². The van der Waals surface area contributed by atoms with Gasteiger partial charge in [0.2, 0.25) is 11.8 Å². The number of carbonyl (C=O) groups excluding carboxylic acids is 2. The number of anilines is 2.